The van der Waals surface area contributed by atoms with Gasteiger partial charge in [0.05, 0.1) is 13.1 Å². The number of rotatable bonds is 5. The fraction of sp³-hybridized carbons (Fsp3) is 0.531. The lowest BCUT2D eigenvalue weighted by atomic mass is 9.88. The maximum Gasteiger partial charge on any atom is 0.407 e. The lowest BCUT2D eigenvalue weighted by Gasteiger charge is -2.32. The molecule has 0 spiro atoms. The molecular formula is C32H41N3O6. The third-order valence-corrected chi connectivity index (χ3v) is 7.77. The van der Waals surface area contributed by atoms with Crippen LogP contribution >= 0.6 is 0 Å². The second-order valence-corrected chi connectivity index (χ2v) is 12.7. The summed E-state index contributed by atoms with van der Waals surface area (Å²) in [7, 11) is 0. The molecule has 3 fully saturated rings. The predicted octanol–water partition coefficient (Wildman–Crippen LogP) is 4.71. The smallest absolute Gasteiger partial charge is 0.407 e. The number of piperidine rings is 1. The molecule has 3 heterocycles. The minimum Gasteiger partial charge on any atom is -0.444 e. The molecule has 9 heteroatoms. The third kappa shape index (κ3) is 7.08. The number of nitrogens with one attached hydrogen (secondary N) is 1. The van der Waals surface area contributed by atoms with Gasteiger partial charge in [0, 0.05) is 30.8 Å². The molecule has 0 aromatic heterocycles. The lowest BCUT2D eigenvalue weighted by molar-refractivity contribution is -0.153. The van der Waals surface area contributed by atoms with Crippen LogP contribution in [0.25, 0.3) is 0 Å². The van der Waals surface area contributed by atoms with Gasteiger partial charge < -0.3 is 29.3 Å². The van der Waals surface area contributed by atoms with Crippen LogP contribution in [0.2, 0.25) is 0 Å². The van der Waals surface area contributed by atoms with Crippen molar-refractivity contribution in [1.29, 1.82) is 0 Å². The highest BCUT2D eigenvalue weighted by molar-refractivity contribution is 5.99. The molecule has 2 unspecified atom stereocenters. The summed E-state index contributed by atoms with van der Waals surface area (Å²) in [4.78, 5) is 42.2. The Kier molecular flexibility index (Phi) is 8.12. The van der Waals surface area contributed by atoms with Gasteiger partial charge in [-0.05, 0) is 82.7 Å². The number of ether oxygens (including phenoxy) is 3. The van der Waals surface area contributed by atoms with Crippen molar-refractivity contribution in [2.75, 3.05) is 26.2 Å². The van der Waals surface area contributed by atoms with Crippen molar-refractivity contribution in [3.05, 3.63) is 70.8 Å². The number of amides is 3. The lowest BCUT2D eigenvalue weighted by Crippen LogP contribution is -2.38. The normalized spacial score (nSPS) is 22.4. The van der Waals surface area contributed by atoms with Crippen molar-refractivity contribution in [3.8, 4) is 0 Å². The van der Waals surface area contributed by atoms with E-state index in [0.29, 0.717) is 49.8 Å². The minimum atomic E-state index is -0.619. The quantitative estimate of drug-likeness (QED) is 0.566. The van der Waals surface area contributed by atoms with Gasteiger partial charge >= 0.3 is 6.09 Å². The van der Waals surface area contributed by atoms with E-state index in [1.807, 2.05) is 51.7 Å². The number of carbonyl (C=O) groups is 3. The molecule has 3 saturated heterocycles. The van der Waals surface area contributed by atoms with Crippen molar-refractivity contribution in [1.82, 2.24) is 15.1 Å². The highest BCUT2D eigenvalue weighted by Gasteiger charge is 2.48. The highest BCUT2D eigenvalue weighted by atomic mass is 16.8. The van der Waals surface area contributed by atoms with E-state index in [2.05, 4.69) is 17.4 Å². The largest absolute Gasteiger partial charge is 0.444 e. The van der Waals surface area contributed by atoms with Gasteiger partial charge in [-0.3, -0.25) is 9.59 Å². The van der Waals surface area contributed by atoms with Crippen LogP contribution in [0.4, 0.5) is 4.79 Å². The Hall–Kier alpha value is -3.43. The van der Waals surface area contributed by atoms with Crippen molar-refractivity contribution >= 4 is 17.9 Å². The van der Waals surface area contributed by atoms with Crippen LogP contribution < -0.4 is 5.32 Å². The molecule has 41 heavy (non-hydrogen) atoms. The van der Waals surface area contributed by atoms with Crippen LogP contribution in [0.5, 0.6) is 0 Å². The molecule has 0 saturated carbocycles. The molecule has 3 amide bonds. The summed E-state index contributed by atoms with van der Waals surface area (Å²) in [6.45, 7) is 11.9. The van der Waals surface area contributed by atoms with Crippen molar-refractivity contribution in [3.63, 3.8) is 0 Å². The zero-order valence-corrected chi connectivity index (χ0v) is 24.6. The Bertz CT molecular complexity index is 1280. The van der Waals surface area contributed by atoms with Gasteiger partial charge in [-0.2, -0.15) is 0 Å². The average Bonchev–Trinajstić information content (AvgIpc) is 3.44. The molecule has 3 aliphatic heterocycles. The number of benzene rings is 2. The molecule has 2 aromatic rings. The Balaban J connectivity index is 1.14. The number of carbonyl (C=O) groups excluding carboxylic acids is 3. The van der Waals surface area contributed by atoms with Gasteiger partial charge in [-0.15, -0.1) is 0 Å². The molecule has 9 nitrogen and oxygen atoms in total. The molecule has 1 N–H and O–H groups in total. The number of likely N-dealkylation sites (tertiary alicyclic amines) is 2. The monoisotopic (exact) mass is 563 g/mol. The molecule has 0 aliphatic carbocycles. The summed E-state index contributed by atoms with van der Waals surface area (Å²) in [5, 5.41) is 2.82. The zero-order valence-electron chi connectivity index (χ0n) is 24.6. The van der Waals surface area contributed by atoms with Gasteiger partial charge in [0.2, 0.25) is 0 Å². The fourth-order valence-electron chi connectivity index (χ4n) is 5.90. The first-order valence-corrected chi connectivity index (χ1v) is 14.5. The van der Waals surface area contributed by atoms with E-state index >= 15 is 0 Å². The van der Waals surface area contributed by atoms with Crippen molar-refractivity contribution < 1.29 is 28.6 Å². The van der Waals surface area contributed by atoms with E-state index < -0.39 is 17.5 Å². The third-order valence-electron chi connectivity index (χ3n) is 7.77. The predicted molar refractivity (Wildman–Crippen MR) is 154 cm³/mol. The van der Waals surface area contributed by atoms with E-state index in [1.165, 1.54) is 5.56 Å². The van der Waals surface area contributed by atoms with Gasteiger partial charge in [0.25, 0.3) is 11.8 Å². The Labute approximate surface area is 242 Å². The topological polar surface area (TPSA) is 97.4 Å². The number of fused-ring (bicyclic) bond motifs is 1. The molecule has 3 aliphatic rings. The van der Waals surface area contributed by atoms with Crippen LogP contribution in [0.15, 0.2) is 48.5 Å². The Morgan fingerprint density at radius 2 is 1.49 bits per heavy atom. The molecule has 0 bridgehead atoms. The Morgan fingerprint density at radius 1 is 0.902 bits per heavy atom. The summed E-state index contributed by atoms with van der Waals surface area (Å²) in [6.07, 6.45) is 1.01. The summed E-state index contributed by atoms with van der Waals surface area (Å²) >= 11 is 0. The van der Waals surface area contributed by atoms with Crippen molar-refractivity contribution in [2.45, 2.75) is 83.5 Å². The van der Waals surface area contributed by atoms with E-state index in [1.54, 1.807) is 29.2 Å². The van der Waals surface area contributed by atoms with Crippen LogP contribution in [-0.2, 0) is 20.8 Å². The summed E-state index contributed by atoms with van der Waals surface area (Å²) < 4.78 is 17.2. The second kappa shape index (κ2) is 11.4. The van der Waals surface area contributed by atoms with Crippen LogP contribution in [0.1, 0.15) is 85.2 Å². The molecule has 2 atom stereocenters. The molecule has 5 rings (SSSR count). The highest BCUT2D eigenvalue weighted by Crippen LogP contribution is 2.34. The second-order valence-electron chi connectivity index (χ2n) is 12.7. The van der Waals surface area contributed by atoms with Gasteiger partial charge in [-0.1, -0.05) is 30.3 Å². The van der Waals surface area contributed by atoms with E-state index in [-0.39, 0.29) is 24.0 Å². The van der Waals surface area contributed by atoms with Crippen LogP contribution in [0.3, 0.4) is 0 Å². The molecule has 2 aromatic carbocycles. The SMILES string of the molecule is CC(C)(C)OC(=O)NCc1cccc(C2CCN(C(=O)c3cccc(C(=O)N4CC5OC(C)(C)OC5C4)c3)CC2)c1. The van der Waals surface area contributed by atoms with E-state index in [4.69, 9.17) is 14.2 Å². The Morgan fingerprint density at radius 3 is 2.10 bits per heavy atom. The first-order valence-electron chi connectivity index (χ1n) is 14.5. The maximum absolute atomic E-state index is 13.4. The van der Waals surface area contributed by atoms with Gasteiger partial charge in [0.1, 0.15) is 17.8 Å². The van der Waals surface area contributed by atoms with Crippen molar-refractivity contribution in [2.24, 2.45) is 0 Å². The summed E-state index contributed by atoms with van der Waals surface area (Å²) in [5.74, 6) is -0.456. The maximum atomic E-state index is 13.4. The van der Waals surface area contributed by atoms with Crippen LogP contribution in [0, 0.1) is 0 Å². The fourth-order valence-corrected chi connectivity index (χ4v) is 5.90. The molecule has 220 valence electrons. The zero-order chi connectivity index (χ0) is 29.4. The van der Waals surface area contributed by atoms with Gasteiger partial charge in [-0.25, -0.2) is 4.79 Å². The number of hydrogen-bond acceptors (Lipinski definition) is 6. The van der Waals surface area contributed by atoms with Gasteiger partial charge in [0.15, 0.2) is 5.79 Å². The average molecular weight is 564 g/mol. The van der Waals surface area contributed by atoms with E-state index in [0.717, 1.165) is 18.4 Å². The molecule has 0 radical (unpaired) electrons. The minimum absolute atomic E-state index is 0.0554. The summed E-state index contributed by atoms with van der Waals surface area (Å²) in [5.41, 5.74) is 2.71. The number of hydrogen-bond donors (Lipinski definition) is 1. The van der Waals surface area contributed by atoms with Crippen LogP contribution in [-0.4, -0.2) is 77.5 Å². The standard InChI is InChI=1S/C32H41N3O6/c1-31(2,3)41-30(38)33-18-21-8-6-9-23(16-21)22-12-14-34(15-13-22)28(36)24-10-7-11-25(17-24)29(37)35-19-26-27(20-35)40-32(4,5)39-26/h6-11,16-17,22,26-27H,12-15,18-20H2,1-5H3,(H,33,38). The number of nitrogens with zero attached hydrogens (tertiary/aromatic N) is 2. The first-order chi connectivity index (χ1) is 19.4. The first kappa shape index (κ1) is 29.1. The molecular weight excluding hydrogens is 522 g/mol. The number of alkyl carbamates (subject to hydrolysis) is 1. The summed E-state index contributed by atoms with van der Waals surface area (Å²) in [6, 6.07) is 15.2. The van der Waals surface area contributed by atoms with E-state index in [9.17, 15) is 14.4 Å².